The van der Waals surface area contributed by atoms with E-state index in [-0.39, 0.29) is 0 Å². The maximum atomic E-state index is 4.25. The van der Waals surface area contributed by atoms with Gasteiger partial charge in [-0.25, -0.2) is 4.98 Å². The predicted octanol–water partition coefficient (Wildman–Crippen LogP) is 2.85. The van der Waals surface area contributed by atoms with Crippen molar-refractivity contribution in [3.8, 4) is 0 Å². The van der Waals surface area contributed by atoms with Crippen molar-refractivity contribution < 1.29 is 0 Å². The third-order valence-electron chi connectivity index (χ3n) is 2.31. The molecule has 0 fully saturated rings. The Bertz CT molecular complexity index is 221. The van der Waals surface area contributed by atoms with Crippen LogP contribution in [0.5, 0.6) is 0 Å². The molecule has 0 aliphatic rings. The van der Waals surface area contributed by atoms with Crippen LogP contribution in [0.4, 0.5) is 0 Å². The molecule has 1 aromatic rings. The van der Waals surface area contributed by atoms with Crippen LogP contribution in [-0.2, 0) is 6.42 Å². The van der Waals surface area contributed by atoms with Gasteiger partial charge in [-0.05, 0) is 13.3 Å². The molecule has 14 heavy (non-hydrogen) atoms. The summed E-state index contributed by atoms with van der Waals surface area (Å²) >= 11 is 1.74. The molecule has 0 aromatic carbocycles. The van der Waals surface area contributed by atoms with Crippen molar-refractivity contribution in [2.75, 3.05) is 6.54 Å². The van der Waals surface area contributed by atoms with Gasteiger partial charge in [0.1, 0.15) is 0 Å². The van der Waals surface area contributed by atoms with Crippen LogP contribution in [0.1, 0.15) is 38.1 Å². The van der Waals surface area contributed by atoms with E-state index in [0.29, 0.717) is 6.04 Å². The zero-order chi connectivity index (χ0) is 10.2. The Kier molecular flexibility index (Phi) is 5.80. The lowest BCUT2D eigenvalue weighted by Crippen LogP contribution is -2.27. The molecule has 0 aliphatic heterocycles. The molecule has 1 atom stereocenters. The van der Waals surface area contributed by atoms with Gasteiger partial charge in [-0.2, -0.15) is 0 Å². The standard InChI is InChI=1S/C11H20N2S/c1-3-4-5-10(2)12-7-6-11-13-8-9-14-11/h8-10,12H,3-7H2,1-2H3. The molecule has 1 N–H and O–H groups in total. The molecule has 1 rings (SSSR count). The van der Waals surface area contributed by atoms with Gasteiger partial charge >= 0.3 is 0 Å². The molecule has 0 saturated heterocycles. The summed E-state index contributed by atoms with van der Waals surface area (Å²) in [4.78, 5) is 4.25. The highest BCUT2D eigenvalue weighted by atomic mass is 32.1. The third-order valence-corrected chi connectivity index (χ3v) is 3.15. The van der Waals surface area contributed by atoms with Crippen LogP contribution in [0, 0.1) is 0 Å². The molecule has 0 radical (unpaired) electrons. The topological polar surface area (TPSA) is 24.9 Å². The van der Waals surface area contributed by atoms with Crippen LogP contribution in [-0.4, -0.2) is 17.6 Å². The van der Waals surface area contributed by atoms with E-state index in [1.165, 1.54) is 24.3 Å². The summed E-state index contributed by atoms with van der Waals surface area (Å²) in [6, 6.07) is 0.648. The van der Waals surface area contributed by atoms with Crippen molar-refractivity contribution in [3.05, 3.63) is 16.6 Å². The number of hydrogen-bond donors (Lipinski definition) is 1. The molecule has 2 nitrogen and oxygen atoms in total. The van der Waals surface area contributed by atoms with Crippen LogP contribution in [0.2, 0.25) is 0 Å². The summed E-state index contributed by atoms with van der Waals surface area (Å²) in [6.07, 6.45) is 6.84. The normalized spacial score (nSPS) is 13.0. The smallest absolute Gasteiger partial charge is 0.0937 e. The number of unbranched alkanes of at least 4 members (excludes halogenated alkanes) is 1. The highest BCUT2D eigenvalue weighted by molar-refractivity contribution is 7.09. The lowest BCUT2D eigenvalue weighted by molar-refractivity contribution is 0.498. The van der Waals surface area contributed by atoms with E-state index in [9.17, 15) is 0 Å². The van der Waals surface area contributed by atoms with E-state index in [4.69, 9.17) is 0 Å². The van der Waals surface area contributed by atoms with Gasteiger partial charge in [0, 0.05) is 30.6 Å². The fourth-order valence-corrected chi connectivity index (χ4v) is 2.03. The van der Waals surface area contributed by atoms with Gasteiger partial charge in [0.2, 0.25) is 0 Å². The molecule has 80 valence electrons. The SMILES string of the molecule is CCCCC(C)NCCc1nccs1. The van der Waals surface area contributed by atoms with Gasteiger partial charge in [0.05, 0.1) is 5.01 Å². The first-order valence-corrected chi connectivity index (χ1v) is 6.32. The van der Waals surface area contributed by atoms with Crippen LogP contribution < -0.4 is 5.32 Å². The first-order valence-electron chi connectivity index (χ1n) is 5.44. The van der Waals surface area contributed by atoms with Gasteiger partial charge in [0.25, 0.3) is 0 Å². The van der Waals surface area contributed by atoms with Crippen LogP contribution >= 0.6 is 11.3 Å². The van der Waals surface area contributed by atoms with Crippen LogP contribution in [0.25, 0.3) is 0 Å². The van der Waals surface area contributed by atoms with Crippen molar-refractivity contribution >= 4 is 11.3 Å². The van der Waals surface area contributed by atoms with E-state index >= 15 is 0 Å². The lowest BCUT2D eigenvalue weighted by atomic mass is 10.1. The maximum Gasteiger partial charge on any atom is 0.0937 e. The van der Waals surface area contributed by atoms with Crippen molar-refractivity contribution in [3.63, 3.8) is 0 Å². The summed E-state index contributed by atoms with van der Waals surface area (Å²) in [6.45, 7) is 5.55. The average Bonchev–Trinajstić information content (AvgIpc) is 2.67. The molecular weight excluding hydrogens is 192 g/mol. The van der Waals surface area contributed by atoms with E-state index in [0.717, 1.165) is 13.0 Å². The monoisotopic (exact) mass is 212 g/mol. The van der Waals surface area contributed by atoms with E-state index in [1.807, 2.05) is 11.6 Å². The maximum absolute atomic E-state index is 4.25. The molecule has 1 unspecified atom stereocenters. The number of rotatable bonds is 7. The number of nitrogens with one attached hydrogen (secondary N) is 1. The molecular formula is C11H20N2S. The Labute approximate surface area is 90.8 Å². The number of aromatic nitrogens is 1. The Morgan fingerprint density at radius 3 is 3.07 bits per heavy atom. The molecule has 1 heterocycles. The fourth-order valence-electron chi connectivity index (χ4n) is 1.41. The molecule has 0 spiro atoms. The minimum atomic E-state index is 0.648. The van der Waals surface area contributed by atoms with Crippen molar-refractivity contribution in [1.82, 2.24) is 10.3 Å². The molecule has 0 saturated carbocycles. The first-order chi connectivity index (χ1) is 6.83. The highest BCUT2D eigenvalue weighted by Gasteiger charge is 2.00. The predicted molar refractivity (Wildman–Crippen MR) is 62.8 cm³/mol. The number of nitrogens with zero attached hydrogens (tertiary/aromatic N) is 1. The minimum absolute atomic E-state index is 0.648. The number of hydrogen-bond acceptors (Lipinski definition) is 3. The van der Waals surface area contributed by atoms with Gasteiger partial charge in [-0.15, -0.1) is 11.3 Å². The summed E-state index contributed by atoms with van der Waals surface area (Å²) in [7, 11) is 0. The Hall–Kier alpha value is -0.410. The van der Waals surface area contributed by atoms with E-state index in [2.05, 4.69) is 24.1 Å². The van der Waals surface area contributed by atoms with Crippen LogP contribution in [0.15, 0.2) is 11.6 Å². The lowest BCUT2D eigenvalue weighted by Gasteiger charge is -2.12. The quantitative estimate of drug-likeness (QED) is 0.752. The zero-order valence-corrected chi connectivity index (χ0v) is 9.94. The molecule has 0 bridgehead atoms. The van der Waals surface area contributed by atoms with Crippen molar-refractivity contribution in [2.24, 2.45) is 0 Å². The van der Waals surface area contributed by atoms with Gasteiger partial charge in [-0.3, -0.25) is 0 Å². The molecule has 0 amide bonds. The first kappa shape index (κ1) is 11.7. The summed E-state index contributed by atoms with van der Waals surface area (Å²) < 4.78 is 0. The molecule has 1 aromatic heterocycles. The van der Waals surface area contributed by atoms with E-state index < -0.39 is 0 Å². The summed E-state index contributed by atoms with van der Waals surface area (Å²) in [5, 5.41) is 6.80. The highest BCUT2D eigenvalue weighted by Crippen LogP contribution is 2.04. The van der Waals surface area contributed by atoms with Gasteiger partial charge < -0.3 is 5.32 Å². The average molecular weight is 212 g/mol. The number of thiazole rings is 1. The zero-order valence-electron chi connectivity index (χ0n) is 9.12. The Morgan fingerprint density at radius 2 is 2.43 bits per heavy atom. The second-order valence-corrected chi connectivity index (χ2v) is 4.65. The fraction of sp³-hybridized carbons (Fsp3) is 0.727. The second kappa shape index (κ2) is 6.96. The summed E-state index contributed by atoms with van der Waals surface area (Å²) in [5.41, 5.74) is 0. The van der Waals surface area contributed by atoms with Gasteiger partial charge in [0.15, 0.2) is 0 Å². The van der Waals surface area contributed by atoms with Crippen molar-refractivity contribution in [1.29, 1.82) is 0 Å². The van der Waals surface area contributed by atoms with Crippen LogP contribution in [0.3, 0.4) is 0 Å². The summed E-state index contributed by atoms with van der Waals surface area (Å²) in [5.74, 6) is 0. The Balaban J connectivity index is 2.03. The van der Waals surface area contributed by atoms with Gasteiger partial charge in [-0.1, -0.05) is 19.8 Å². The second-order valence-electron chi connectivity index (χ2n) is 3.67. The van der Waals surface area contributed by atoms with E-state index in [1.54, 1.807) is 11.3 Å². The Morgan fingerprint density at radius 1 is 1.57 bits per heavy atom. The minimum Gasteiger partial charge on any atom is -0.314 e. The van der Waals surface area contributed by atoms with Crippen molar-refractivity contribution in [2.45, 2.75) is 45.6 Å². The largest absolute Gasteiger partial charge is 0.314 e. The third kappa shape index (κ3) is 4.72. The molecule has 3 heteroatoms. The molecule has 0 aliphatic carbocycles.